The summed E-state index contributed by atoms with van der Waals surface area (Å²) in [4.78, 5) is 20.8. The molecule has 6 nitrogen and oxygen atoms in total. The molecule has 0 aromatic carbocycles. The molecule has 0 radical (unpaired) electrons. The van der Waals surface area contributed by atoms with Crippen LogP contribution in [-0.4, -0.2) is 32.6 Å². The van der Waals surface area contributed by atoms with Crippen molar-refractivity contribution in [3.63, 3.8) is 0 Å². The summed E-state index contributed by atoms with van der Waals surface area (Å²) >= 11 is 1.49. The number of thiazole rings is 1. The highest BCUT2D eigenvalue weighted by molar-refractivity contribution is 7.13. The quantitative estimate of drug-likeness (QED) is 0.693. The lowest BCUT2D eigenvalue weighted by atomic mass is 10.2. The number of pyridine rings is 1. The first-order valence-electron chi connectivity index (χ1n) is 6.19. The molecule has 0 fully saturated rings. The van der Waals surface area contributed by atoms with Crippen LogP contribution in [0.3, 0.4) is 0 Å². The summed E-state index contributed by atoms with van der Waals surface area (Å²) < 4.78 is 6.74. The number of carbonyl (C=O) groups is 1. The van der Waals surface area contributed by atoms with Gasteiger partial charge in [-0.25, -0.2) is 9.67 Å². The molecule has 3 aromatic heterocycles. The predicted molar refractivity (Wildman–Crippen MR) is 79.0 cm³/mol. The minimum atomic E-state index is -0.0824. The lowest BCUT2D eigenvalue weighted by Crippen LogP contribution is -2.01. The van der Waals surface area contributed by atoms with Gasteiger partial charge in [-0.3, -0.25) is 9.78 Å². The zero-order valence-corrected chi connectivity index (χ0v) is 12.3. The number of hydrogen-bond acceptors (Lipinski definition) is 6. The Morgan fingerprint density at radius 3 is 2.76 bits per heavy atom. The molecule has 0 spiro atoms. The van der Waals surface area contributed by atoms with E-state index >= 15 is 0 Å². The van der Waals surface area contributed by atoms with Gasteiger partial charge < -0.3 is 4.74 Å². The van der Waals surface area contributed by atoms with E-state index in [1.807, 2.05) is 6.07 Å². The van der Waals surface area contributed by atoms with Crippen molar-refractivity contribution in [1.29, 1.82) is 0 Å². The van der Waals surface area contributed by atoms with Crippen LogP contribution in [0, 0.1) is 0 Å². The summed E-state index contributed by atoms with van der Waals surface area (Å²) in [5.74, 6) is 0.443. The first-order chi connectivity index (χ1) is 10.2. The van der Waals surface area contributed by atoms with Crippen LogP contribution in [0.25, 0.3) is 16.3 Å². The van der Waals surface area contributed by atoms with Crippen LogP contribution < -0.4 is 4.74 Å². The van der Waals surface area contributed by atoms with E-state index < -0.39 is 0 Å². The van der Waals surface area contributed by atoms with Crippen molar-refractivity contribution in [2.75, 3.05) is 7.11 Å². The second kappa shape index (κ2) is 5.45. The van der Waals surface area contributed by atoms with Crippen LogP contribution in [0.4, 0.5) is 0 Å². The van der Waals surface area contributed by atoms with Gasteiger partial charge in [-0.2, -0.15) is 5.10 Å². The Hall–Kier alpha value is -2.54. The number of ether oxygens (including phenoxy) is 1. The topological polar surface area (TPSA) is 69.9 Å². The number of ketones is 1. The number of carbonyl (C=O) groups excluding carboxylic acids is 1. The summed E-state index contributed by atoms with van der Waals surface area (Å²) in [6.07, 6.45) is 3.40. The average molecular weight is 300 g/mol. The lowest BCUT2D eigenvalue weighted by molar-refractivity contribution is 0.101. The smallest absolute Gasteiger partial charge is 0.213 e. The average Bonchev–Trinajstić information content (AvgIpc) is 3.16. The highest BCUT2D eigenvalue weighted by atomic mass is 32.1. The maximum Gasteiger partial charge on any atom is 0.213 e. The molecule has 3 rings (SSSR count). The molecular formula is C14H12N4O2S. The van der Waals surface area contributed by atoms with Crippen LogP contribution >= 0.6 is 11.3 Å². The fourth-order valence-electron chi connectivity index (χ4n) is 1.89. The number of hydrogen-bond donors (Lipinski definition) is 0. The number of aromatic nitrogens is 4. The lowest BCUT2D eigenvalue weighted by Gasteiger charge is -2.06. The standard InChI is InChI=1S/C14H12N4O2S/c1-9(19)11-5-12(13-7-15-8-21-13)18(17-11)10-3-4-14(20-2)16-6-10/h3-8H,1-2H3. The van der Waals surface area contributed by atoms with E-state index in [2.05, 4.69) is 15.1 Å². The van der Waals surface area contributed by atoms with Crippen molar-refractivity contribution in [2.24, 2.45) is 0 Å². The molecule has 0 aliphatic heterocycles. The molecule has 0 saturated carbocycles. The molecule has 0 amide bonds. The first-order valence-corrected chi connectivity index (χ1v) is 7.07. The fourth-order valence-corrected chi connectivity index (χ4v) is 2.51. The third kappa shape index (κ3) is 2.55. The van der Waals surface area contributed by atoms with Gasteiger partial charge >= 0.3 is 0 Å². The van der Waals surface area contributed by atoms with Gasteiger partial charge in [0.15, 0.2) is 5.78 Å². The Balaban J connectivity index is 2.13. The van der Waals surface area contributed by atoms with E-state index in [1.54, 1.807) is 41.8 Å². The van der Waals surface area contributed by atoms with Crippen LogP contribution in [0.1, 0.15) is 17.4 Å². The molecule has 3 heterocycles. The maximum atomic E-state index is 11.6. The third-order valence-corrected chi connectivity index (χ3v) is 3.72. The molecule has 106 valence electrons. The van der Waals surface area contributed by atoms with Crippen molar-refractivity contribution in [3.05, 3.63) is 41.8 Å². The molecule has 21 heavy (non-hydrogen) atoms. The van der Waals surface area contributed by atoms with Gasteiger partial charge in [0.2, 0.25) is 5.88 Å². The Morgan fingerprint density at radius 1 is 1.33 bits per heavy atom. The van der Waals surface area contributed by atoms with Gasteiger partial charge in [0, 0.05) is 19.2 Å². The monoisotopic (exact) mass is 300 g/mol. The molecule has 3 aromatic rings. The molecular weight excluding hydrogens is 288 g/mol. The summed E-state index contributed by atoms with van der Waals surface area (Å²) in [5, 5.41) is 4.36. The minimum absolute atomic E-state index is 0.0824. The third-order valence-electron chi connectivity index (χ3n) is 2.93. The second-order valence-electron chi connectivity index (χ2n) is 4.31. The highest BCUT2D eigenvalue weighted by Gasteiger charge is 2.15. The van der Waals surface area contributed by atoms with Gasteiger partial charge in [-0.05, 0) is 12.1 Å². The Kier molecular flexibility index (Phi) is 3.49. The van der Waals surface area contributed by atoms with E-state index in [0.717, 1.165) is 16.3 Å². The van der Waals surface area contributed by atoms with E-state index in [1.165, 1.54) is 18.3 Å². The van der Waals surface area contributed by atoms with Crippen LogP contribution in [-0.2, 0) is 0 Å². The zero-order chi connectivity index (χ0) is 14.8. The summed E-state index contributed by atoms with van der Waals surface area (Å²) in [7, 11) is 1.56. The molecule has 0 N–H and O–H groups in total. The van der Waals surface area contributed by atoms with Gasteiger partial charge in [0.1, 0.15) is 5.69 Å². The van der Waals surface area contributed by atoms with E-state index in [9.17, 15) is 4.79 Å². The van der Waals surface area contributed by atoms with E-state index in [4.69, 9.17) is 4.74 Å². The molecule has 0 saturated heterocycles. The molecule has 0 bridgehead atoms. The van der Waals surface area contributed by atoms with E-state index in [0.29, 0.717) is 11.6 Å². The Bertz CT molecular complexity index is 763. The first kappa shape index (κ1) is 13.4. The SMILES string of the molecule is COc1ccc(-n2nc(C(C)=O)cc2-c2cncs2)cn1. The molecule has 0 atom stereocenters. The van der Waals surface area contributed by atoms with Gasteiger partial charge in [-0.1, -0.05) is 0 Å². The van der Waals surface area contributed by atoms with Gasteiger partial charge in [-0.15, -0.1) is 11.3 Å². The molecule has 0 aliphatic rings. The van der Waals surface area contributed by atoms with Crippen molar-refractivity contribution in [2.45, 2.75) is 6.92 Å². The number of nitrogens with zero attached hydrogens (tertiary/aromatic N) is 4. The largest absolute Gasteiger partial charge is 0.481 e. The number of rotatable bonds is 4. The fraction of sp³-hybridized carbons (Fsp3) is 0.143. The van der Waals surface area contributed by atoms with Crippen LogP contribution in [0.2, 0.25) is 0 Å². The zero-order valence-electron chi connectivity index (χ0n) is 11.5. The molecule has 7 heteroatoms. The van der Waals surface area contributed by atoms with Gasteiger partial charge in [0.25, 0.3) is 0 Å². The van der Waals surface area contributed by atoms with Crippen LogP contribution in [0.5, 0.6) is 5.88 Å². The van der Waals surface area contributed by atoms with Crippen molar-refractivity contribution in [3.8, 4) is 22.1 Å². The minimum Gasteiger partial charge on any atom is -0.481 e. The summed E-state index contributed by atoms with van der Waals surface area (Å²) in [6, 6.07) is 5.36. The molecule has 0 unspecified atom stereocenters. The number of methoxy groups -OCH3 is 1. The summed E-state index contributed by atoms with van der Waals surface area (Å²) in [5.41, 5.74) is 3.72. The highest BCUT2D eigenvalue weighted by Crippen LogP contribution is 2.27. The normalized spacial score (nSPS) is 10.6. The maximum absolute atomic E-state index is 11.6. The molecule has 0 aliphatic carbocycles. The Morgan fingerprint density at radius 2 is 2.19 bits per heavy atom. The summed E-state index contributed by atoms with van der Waals surface area (Å²) in [6.45, 7) is 1.50. The van der Waals surface area contributed by atoms with Gasteiger partial charge in [0.05, 0.1) is 35.1 Å². The number of Topliss-reactive ketones (excluding diaryl/α,β-unsaturated/α-hetero) is 1. The van der Waals surface area contributed by atoms with Crippen molar-refractivity contribution >= 4 is 17.1 Å². The van der Waals surface area contributed by atoms with Crippen molar-refractivity contribution < 1.29 is 9.53 Å². The second-order valence-corrected chi connectivity index (χ2v) is 5.19. The van der Waals surface area contributed by atoms with Crippen LogP contribution in [0.15, 0.2) is 36.1 Å². The van der Waals surface area contributed by atoms with E-state index in [-0.39, 0.29) is 5.78 Å². The predicted octanol–water partition coefficient (Wildman–Crippen LogP) is 2.60. The Labute approximate surface area is 125 Å². The van der Waals surface area contributed by atoms with Crippen molar-refractivity contribution in [1.82, 2.24) is 19.7 Å².